The van der Waals surface area contributed by atoms with Gasteiger partial charge in [0, 0.05) is 22.9 Å². The van der Waals surface area contributed by atoms with Crippen LogP contribution in [-0.4, -0.2) is 18.4 Å². The third-order valence-electron chi connectivity index (χ3n) is 3.26. The van der Waals surface area contributed by atoms with E-state index >= 15 is 0 Å². The number of carbonyl (C=O) groups is 2. The van der Waals surface area contributed by atoms with Crippen molar-refractivity contribution < 1.29 is 9.59 Å². The number of carbonyl (C=O) groups excluding carboxylic acids is 2. The van der Waals surface area contributed by atoms with Gasteiger partial charge in [-0.1, -0.05) is 29.8 Å². The molecule has 0 aliphatic carbocycles. The van der Waals surface area contributed by atoms with Gasteiger partial charge in [-0.15, -0.1) is 0 Å². The van der Waals surface area contributed by atoms with Gasteiger partial charge in [0.15, 0.2) is 0 Å². The van der Waals surface area contributed by atoms with E-state index in [-0.39, 0.29) is 0 Å². The van der Waals surface area contributed by atoms with Gasteiger partial charge >= 0.3 is 11.8 Å². The van der Waals surface area contributed by atoms with Crippen molar-refractivity contribution in [2.24, 2.45) is 0 Å². The van der Waals surface area contributed by atoms with Crippen LogP contribution in [0.2, 0.25) is 5.02 Å². The predicted molar refractivity (Wildman–Crippen MR) is 89.3 cm³/mol. The molecule has 0 bridgehead atoms. The Balaban J connectivity index is 2.16. The van der Waals surface area contributed by atoms with Crippen molar-refractivity contribution in [3.05, 3.63) is 59.1 Å². The molecule has 0 radical (unpaired) electrons. The molecule has 22 heavy (non-hydrogen) atoms. The number of aryl methyl sites for hydroxylation is 1. The Morgan fingerprint density at radius 3 is 2.41 bits per heavy atom. The molecule has 0 heterocycles. The minimum absolute atomic E-state index is 0.413. The molecule has 2 rings (SSSR count). The molecular formula is C17H17ClN2O2. The number of halogens is 1. The van der Waals surface area contributed by atoms with Gasteiger partial charge < -0.3 is 10.2 Å². The number of hydrogen-bond donors (Lipinski definition) is 1. The number of para-hydroxylation sites is 1. The van der Waals surface area contributed by atoms with Crippen LogP contribution in [-0.2, 0) is 9.59 Å². The van der Waals surface area contributed by atoms with Gasteiger partial charge in [-0.25, -0.2) is 0 Å². The summed E-state index contributed by atoms with van der Waals surface area (Å²) in [6.07, 6.45) is 0. The summed E-state index contributed by atoms with van der Waals surface area (Å²) in [6, 6.07) is 14.2. The van der Waals surface area contributed by atoms with Crippen molar-refractivity contribution in [2.45, 2.75) is 13.8 Å². The van der Waals surface area contributed by atoms with Crippen LogP contribution in [0.4, 0.5) is 11.4 Å². The molecular weight excluding hydrogens is 300 g/mol. The number of nitrogens with one attached hydrogen (secondary N) is 1. The van der Waals surface area contributed by atoms with Crippen LogP contribution in [0.5, 0.6) is 0 Å². The second kappa shape index (κ2) is 7.09. The van der Waals surface area contributed by atoms with Crippen LogP contribution in [0.15, 0.2) is 48.5 Å². The summed E-state index contributed by atoms with van der Waals surface area (Å²) < 4.78 is 0. The highest BCUT2D eigenvalue weighted by molar-refractivity contribution is 6.44. The van der Waals surface area contributed by atoms with E-state index in [0.29, 0.717) is 22.9 Å². The Labute approximate surface area is 134 Å². The average Bonchev–Trinajstić information content (AvgIpc) is 2.51. The lowest BCUT2D eigenvalue weighted by Crippen LogP contribution is -2.39. The number of hydrogen-bond acceptors (Lipinski definition) is 2. The molecule has 1 N–H and O–H groups in total. The Morgan fingerprint density at radius 2 is 1.82 bits per heavy atom. The van der Waals surface area contributed by atoms with Crippen LogP contribution in [0.25, 0.3) is 0 Å². The zero-order valence-electron chi connectivity index (χ0n) is 12.5. The average molecular weight is 317 g/mol. The summed E-state index contributed by atoms with van der Waals surface area (Å²) >= 11 is 5.88. The minimum Gasteiger partial charge on any atom is -0.318 e. The summed E-state index contributed by atoms with van der Waals surface area (Å²) in [4.78, 5) is 26.0. The van der Waals surface area contributed by atoms with Gasteiger partial charge in [-0.3, -0.25) is 9.59 Å². The highest BCUT2D eigenvalue weighted by atomic mass is 35.5. The zero-order chi connectivity index (χ0) is 16.1. The molecule has 5 heteroatoms. The number of rotatable bonds is 3. The third-order valence-corrected chi connectivity index (χ3v) is 3.50. The van der Waals surface area contributed by atoms with E-state index in [1.165, 1.54) is 4.90 Å². The number of benzene rings is 2. The van der Waals surface area contributed by atoms with Gasteiger partial charge in [-0.05, 0) is 49.7 Å². The second-order valence-corrected chi connectivity index (χ2v) is 5.23. The van der Waals surface area contributed by atoms with Crippen molar-refractivity contribution in [1.82, 2.24) is 0 Å². The monoisotopic (exact) mass is 316 g/mol. The van der Waals surface area contributed by atoms with Crippen LogP contribution >= 0.6 is 11.6 Å². The number of anilines is 2. The molecule has 0 aliphatic heterocycles. The summed E-state index contributed by atoms with van der Waals surface area (Å²) in [5.41, 5.74) is 2.07. The molecule has 2 amide bonds. The Kier molecular flexibility index (Phi) is 5.17. The van der Waals surface area contributed by atoms with Crippen molar-refractivity contribution in [2.75, 3.05) is 16.8 Å². The molecule has 2 aromatic rings. The highest BCUT2D eigenvalue weighted by Gasteiger charge is 2.22. The van der Waals surface area contributed by atoms with Gasteiger partial charge in [0.1, 0.15) is 0 Å². The van der Waals surface area contributed by atoms with E-state index in [2.05, 4.69) is 5.32 Å². The summed E-state index contributed by atoms with van der Waals surface area (Å²) in [5.74, 6) is -1.26. The standard InChI is InChI=1S/C17H17ClN2O2/c1-3-20(14-7-5-4-6-8-14)17(22)16(21)19-15-10-9-13(18)11-12(15)2/h4-11H,3H2,1-2H3,(H,19,21). The Hall–Kier alpha value is -2.33. The summed E-state index contributed by atoms with van der Waals surface area (Å²) in [5, 5.41) is 3.22. The Bertz CT molecular complexity index is 686. The van der Waals surface area contributed by atoms with E-state index in [1.54, 1.807) is 30.3 Å². The maximum absolute atomic E-state index is 12.3. The number of nitrogens with zero attached hydrogens (tertiary/aromatic N) is 1. The summed E-state index contributed by atoms with van der Waals surface area (Å²) in [7, 11) is 0. The molecule has 0 aromatic heterocycles. The van der Waals surface area contributed by atoms with Crippen molar-refractivity contribution >= 4 is 34.8 Å². The molecule has 2 aromatic carbocycles. The van der Waals surface area contributed by atoms with Gasteiger partial charge in [0.2, 0.25) is 0 Å². The fourth-order valence-corrected chi connectivity index (χ4v) is 2.34. The topological polar surface area (TPSA) is 49.4 Å². The van der Waals surface area contributed by atoms with Crippen molar-refractivity contribution in [3.8, 4) is 0 Å². The van der Waals surface area contributed by atoms with E-state index in [4.69, 9.17) is 11.6 Å². The fourth-order valence-electron chi connectivity index (χ4n) is 2.12. The fraction of sp³-hybridized carbons (Fsp3) is 0.176. The molecule has 0 unspecified atom stereocenters. The first-order valence-corrected chi connectivity index (χ1v) is 7.34. The largest absolute Gasteiger partial charge is 0.318 e. The summed E-state index contributed by atoms with van der Waals surface area (Å²) in [6.45, 7) is 4.06. The molecule has 0 fully saturated rings. The molecule has 0 spiro atoms. The molecule has 4 nitrogen and oxygen atoms in total. The first-order valence-electron chi connectivity index (χ1n) is 6.97. The maximum Gasteiger partial charge on any atom is 0.316 e. The van der Waals surface area contributed by atoms with Gasteiger partial charge in [0.05, 0.1) is 0 Å². The first-order chi connectivity index (χ1) is 10.5. The molecule has 0 saturated heterocycles. The van der Waals surface area contributed by atoms with Crippen LogP contribution in [0, 0.1) is 6.92 Å². The van der Waals surface area contributed by atoms with Crippen LogP contribution in [0.3, 0.4) is 0 Å². The molecule has 0 saturated carbocycles. The SMILES string of the molecule is CCN(C(=O)C(=O)Nc1ccc(Cl)cc1C)c1ccccc1. The van der Waals surface area contributed by atoms with E-state index in [9.17, 15) is 9.59 Å². The zero-order valence-corrected chi connectivity index (χ0v) is 13.2. The van der Waals surface area contributed by atoms with Gasteiger partial charge in [0.25, 0.3) is 0 Å². The lowest BCUT2D eigenvalue weighted by molar-refractivity contribution is -0.134. The van der Waals surface area contributed by atoms with Crippen LogP contribution < -0.4 is 10.2 Å². The number of amides is 2. The lowest BCUT2D eigenvalue weighted by Gasteiger charge is -2.20. The minimum atomic E-state index is -0.670. The van der Waals surface area contributed by atoms with Gasteiger partial charge in [-0.2, -0.15) is 0 Å². The first kappa shape index (κ1) is 16.0. The van der Waals surface area contributed by atoms with E-state index in [1.807, 2.05) is 32.0 Å². The molecule has 0 aliphatic rings. The van der Waals surface area contributed by atoms with E-state index < -0.39 is 11.8 Å². The molecule has 114 valence electrons. The Morgan fingerprint density at radius 1 is 1.14 bits per heavy atom. The van der Waals surface area contributed by atoms with E-state index in [0.717, 1.165) is 5.56 Å². The normalized spacial score (nSPS) is 10.1. The lowest BCUT2D eigenvalue weighted by atomic mass is 10.2. The quantitative estimate of drug-likeness (QED) is 0.879. The smallest absolute Gasteiger partial charge is 0.316 e. The predicted octanol–water partition coefficient (Wildman–Crippen LogP) is 3.64. The van der Waals surface area contributed by atoms with Crippen molar-refractivity contribution in [1.29, 1.82) is 0 Å². The molecule has 0 atom stereocenters. The maximum atomic E-state index is 12.3. The van der Waals surface area contributed by atoms with Crippen LogP contribution in [0.1, 0.15) is 12.5 Å². The highest BCUT2D eigenvalue weighted by Crippen LogP contribution is 2.20. The van der Waals surface area contributed by atoms with Crippen molar-refractivity contribution in [3.63, 3.8) is 0 Å². The second-order valence-electron chi connectivity index (χ2n) is 4.80. The number of likely N-dealkylation sites (N-methyl/N-ethyl adjacent to an activating group) is 1. The third kappa shape index (κ3) is 3.65.